The van der Waals surface area contributed by atoms with Gasteiger partial charge in [0.25, 0.3) is 0 Å². The molecule has 2 unspecified atom stereocenters. The highest BCUT2D eigenvalue weighted by Gasteiger charge is 2.29. The van der Waals surface area contributed by atoms with Crippen LogP contribution >= 0.6 is 11.3 Å². The Balaban J connectivity index is 1.70. The molecule has 0 spiro atoms. The molecule has 2 atom stereocenters. The normalized spacial score (nSPS) is 22.6. The van der Waals surface area contributed by atoms with Crippen LogP contribution in [0, 0.1) is 5.92 Å². The van der Waals surface area contributed by atoms with Gasteiger partial charge >= 0.3 is 0 Å². The van der Waals surface area contributed by atoms with Crippen LogP contribution in [0.1, 0.15) is 18.4 Å². The van der Waals surface area contributed by atoms with Gasteiger partial charge in [0.15, 0.2) is 9.84 Å². The Morgan fingerprint density at radius 1 is 1.38 bits per heavy atom. The summed E-state index contributed by atoms with van der Waals surface area (Å²) in [7, 11) is -0.797. The van der Waals surface area contributed by atoms with Gasteiger partial charge in [-0.3, -0.25) is 0 Å². The molecule has 0 aliphatic carbocycles. The van der Waals surface area contributed by atoms with E-state index in [1.807, 2.05) is 7.05 Å². The van der Waals surface area contributed by atoms with Crippen LogP contribution in [-0.2, 0) is 16.3 Å². The predicted molar refractivity (Wildman–Crippen MR) is 89.8 cm³/mol. The standard InChI is InChI=1S/C16H21NO2S2/c1-17-14(8-12-6-7-21(18,19)11-12)9-13-10-20-16-5-3-2-4-15(13)16/h2-5,10,12,14,17H,6-9,11H2,1H3. The maximum Gasteiger partial charge on any atom is 0.150 e. The van der Waals surface area contributed by atoms with E-state index in [4.69, 9.17) is 0 Å². The van der Waals surface area contributed by atoms with E-state index in [1.54, 1.807) is 11.3 Å². The van der Waals surface area contributed by atoms with Crippen LogP contribution in [0.4, 0.5) is 0 Å². The zero-order valence-corrected chi connectivity index (χ0v) is 13.8. The third-order valence-electron chi connectivity index (χ3n) is 4.38. The fourth-order valence-corrected chi connectivity index (χ4v) is 6.08. The molecular weight excluding hydrogens is 302 g/mol. The molecule has 5 heteroatoms. The molecule has 0 saturated carbocycles. The van der Waals surface area contributed by atoms with E-state index in [9.17, 15) is 8.42 Å². The first-order valence-corrected chi connectivity index (χ1v) is 10.1. The third-order valence-corrected chi connectivity index (χ3v) is 7.23. The summed E-state index contributed by atoms with van der Waals surface area (Å²) in [6, 6.07) is 8.83. The lowest BCUT2D eigenvalue weighted by atomic mass is 9.94. The van der Waals surface area contributed by atoms with Crippen molar-refractivity contribution in [3.63, 3.8) is 0 Å². The van der Waals surface area contributed by atoms with Gasteiger partial charge in [0, 0.05) is 10.7 Å². The van der Waals surface area contributed by atoms with Crippen molar-refractivity contribution in [3.8, 4) is 0 Å². The van der Waals surface area contributed by atoms with Crippen molar-refractivity contribution in [1.29, 1.82) is 0 Å². The second-order valence-corrected chi connectivity index (χ2v) is 9.09. The summed E-state index contributed by atoms with van der Waals surface area (Å²) in [6.45, 7) is 0. The summed E-state index contributed by atoms with van der Waals surface area (Å²) < 4.78 is 24.5. The van der Waals surface area contributed by atoms with E-state index in [2.05, 4.69) is 35.0 Å². The number of fused-ring (bicyclic) bond motifs is 1. The van der Waals surface area contributed by atoms with Crippen LogP contribution in [0.3, 0.4) is 0 Å². The molecule has 2 heterocycles. The average molecular weight is 323 g/mol. The smallest absolute Gasteiger partial charge is 0.150 e. The van der Waals surface area contributed by atoms with Gasteiger partial charge in [-0.2, -0.15) is 0 Å². The molecule has 3 nitrogen and oxygen atoms in total. The van der Waals surface area contributed by atoms with E-state index in [1.165, 1.54) is 15.6 Å². The quantitative estimate of drug-likeness (QED) is 0.920. The number of sulfone groups is 1. The molecule has 0 amide bonds. The van der Waals surface area contributed by atoms with Crippen molar-refractivity contribution in [1.82, 2.24) is 5.32 Å². The van der Waals surface area contributed by atoms with Gasteiger partial charge in [0.2, 0.25) is 0 Å². The Bertz CT molecular complexity index is 721. The summed E-state index contributed by atoms with van der Waals surface area (Å²) in [5.41, 5.74) is 1.37. The predicted octanol–water partition coefficient (Wildman–Crippen LogP) is 2.86. The maximum absolute atomic E-state index is 11.6. The minimum absolute atomic E-state index is 0.317. The van der Waals surface area contributed by atoms with Gasteiger partial charge in [-0.25, -0.2) is 8.42 Å². The van der Waals surface area contributed by atoms with Gasteiger partial charge in [-0.15, -0.1) is 11.3 Å². The lowest BCUT2D eigenvalue weighted by molar-refractivity contribution is 0.425. The molecule has 1 fully saturated rings. The Morgan fingerprint density at radius 3 is 2.90 bits per heavy atom. The van der Waals surface area contributed by atoms with Crippen LogP contribution in [0.2, 0.25) is 0 Å². The molecule has 2 aromatic rings. The van der Waals surface area contributed by atoms with Gasteiger partial charge in [0.1, 0.15) is 0 Å². The highest BCUT2D eigenvalue weighted by Crippen LogP contribution is 2.29. The first-order chi connectivity index (χ1) is 10.1. The number of rotatable bonds is 5. The Hall–Kier alpha value is -0.910. The number of hydrogen-bond acceptors (Lipinski definition) is 4. The molecule has 1 aromatic heterocycles. The number of benzene rings is 1. The average Bonchev–Trinajstić information content (AvgIpc) is 3.02. The van der Waals surface area contributed by atoms with Gasteiger partial charge in [0.05, 0.1) is 11.5 Å². The monoisotopic (exact) mass is 323 g/mol. The van der Waals surface area contributed by atoms with E-state index >= 15 is 0 Å². The maximum atomic E-state index is 11.6. The van der Waals surface area contributed by atoms with Crippen molar-refractivity contribution >= 4 is 31.3 Å². The van der Waals surface area contributed by atoms with Crippen LogP contribution < -0.4 is 5.32 Å². The summed E-state index contributed by atoms with van der Waals surface area (Å²) in [6.07, 6.45) is 2.74. The molecular formula is C16H21NO2S2. The minimum atomic E-state index is -2.77. The van der Waals surface area contributed by atoms with E-state index in [0.29, 0.717) is 23.5 Å². The molecule has 3 rings (SSSR count). The first kappa shape index (κ1) is 15.0. The van der Waals surface area contributed by atoms with Crippen molar-refractivity contribution in [2.75, 3.05) is 18.6 Å². The molecule has 0 bridgehead atoms. The molecule has 114 valence electrons. The zero-order chi connectivity index (χ0) is 14.9. The summed E-state index contributed by atoms with van der Waals surface area (Å²) in [4.78, 5) is 0. The fraction of sp³-hybridized carbons (Fsp3) is 0.500. The first-order valence-electron chi connectivity index (χ1n) is 7.40. The topological polar surface area (TPSA) is 46.2 Å². The summed E-state index contributed by atoms with van der Waals surface area (Å²) in [5, 5.41) is 6.94. The van der Waals surface area contributed by atoms with E-state index in [-0.39, 0.29) is 0 Å². The van der Waals surface area contributed by atoms with Crippen LogP contribution in [-0.4, -0.2) is 33.0 Å². The Labute approximate surface area is 130 Å². The second-order valence-electron chi connectivity index (χ2n) is 5.95. The highest BCUT2D eigenvalue weighted by molar-refractivity contribution is 7.91. The lowest BCUT2D eigenvalue weighted by Gasteiger charge is -2.19. The molecule has 0 radical (unpaired) electrons. The van der Waals surface area contributed by atoms with Crippen LogP contribution in [0.5, 0.6) is 0 Å². The summed E-state index contributed by atoms with van der Waals surface area (Å²) in [5.74, 6) is 1.06. The Kier molecular flexibility index (Phi) is 4.33. The fourth-order valence-electron chi connectivity index (χ4n) is 3.22. The molecule has 1 aromatic carbocycles. The van der Waals surface area contributed by atoms with Crippen molar-refractivity contribution in [3.05, 3.63) is 35.2 Å². The number of hydrogen-bond donors (Lipinski definition) is 1. The van der Waals surface area contributed by atoms with Gasteiger partial charge < -0.3 is 5.32 Å². The van der Waals surface area contributed by atoms with Gasteiger partial charge in [-0.1, -0.05) is 18.2 Å². The molecule has 1 saturated heterocycles. The van der Waals surface area contributed by atoms with E-state index < -0.39 is 9.84 Å². The molecule has 1 aliphatic rings. The molecule has 1 N–H and O–H groups in total. The number of nitrogens with one attached hydrogen (secondary N) is 1. The summed E-state index contributed by atoms with van der Waals surface area (Å²) >= 11 is 1.79. The molecule has 21 heavy (non-hydrogen) atoms. The number of thiophene rings is 1. The van der Waals surface area contributed by atoms with Crippen LogP contribution in [0.25, 0.3) is 10.1 Å². The third kappa shape index (κ3) is 3.47. The Morgan fingerprint density at radius 2 is 2.19 bits per heavy atom. The molecule has 1 aliphatic heterocycles. The largest absolute Gasteiger partial charge is 0.317 e. The SMILES string of the molecule is CNC(Cc1csc2ccccc12)CC1CCS(=O)(=O)C1. The zero-order valence-electron chi connectivity index (χ0n) is 12.2. The van der Waals surface area contributed by atoms with E-state index in [0.717, 1.165) is 19.3 Å². The van der Waals surface area contributed by atoms with Crippen molar-refractivity contribution < 1.29 is 8.42 Å². The minimum Gasteiger partial charge on any atom is -0.317 e. The van der Waals surface area contributed by atoms with Crippen molar-refractivity contribution in [2.45, 2.75) is 25.3 Å². The lowest BCUT2D eigenvalue weighted by Crippen LogP contribution is -2.30. The van der Waals surface area contributed by atoms with Gasteiger partial charge in [-0.05, 0) is 54.6 Å². The number of likely N-dealkylation sites (N-methyl/N-ethyl adjacent to an activating group) is 1. The van der Waals surface area contributed by atoms with Crippen LogP contribution in [0.15, 0.2) is 29.6 Å². The second kappa shape index (κ2) is 6.07. The highest BCUT2D eigenvalue weighted by atomic mass is 32.2. The van der Waals surface area contributed by atoms with Crippen molar-refractivity contribution in [2.24, 2.45) is 5.92 Å².